The molecule has 1 spiro atoms. The van der Waals surface area contributed by atoms with Gasteiger partial charge in [-0.2, -0.15) is 5.10 Å². The van der Waals surface area contributed by atoms with E-state index in [2.05, 4.69) is 20.5 Å². The van der Waals surface area contributed by atoms with Gasteiger partial charge in [0.25, 0.3) is 0 Å². The Kier molecular flexibility index (Phi) is 3.38. The summed E-state index contributed by atoms with van der Waals surface area (Å²) in [6.45, 7) is 2.47. The van der Waals surface area contributed by atoms with Gasteiger partial charge in [-0.25, -0.2) is 0 Å². The lowest BCUT2D eigenvalue weighted by Crippen LogP contribution is -2.34. The standard InChI is InChI=1S/C19H20N4O2/c1-6-20-12-19(4-5-19)25-15-8-13(10-21-11-15)18-16-9-14(24-7-1)2-3-17(16)22-23-18/h2-3,8-11,20H,1,4-7,12H2,(H,22,23). The Morgan fingerprint density at radius 3 is 2.96 bits per heavy atom. The van der Waals surface area contributed by atoms with Gasteiger partial charge < -0.3 is 14.8 Å². The number of nitrogens with zero attached hydrogens (tertiary/aromatic N) is 2. The summed E-state index contributed by atoms with van der Waals surface area (Å²) in [6, 6.07) is 8.05. The summed E-state index contributed by atoms with van der Waals surface area (Å²) in [5.41, 5.74) is 2.72. The second-order valence-electron chi connectivity index (χ2n) is 6.85. The maximum absolute atomic E-state index is 6.26. The summed E-state index contributed by atoms with van der Waals surface area (Å²) in [5, 5.41) is 12.1. The summed E-state index contributed by atoms with van der Waals surface area (Å²) < 4.78 is 12.2. The molecule has 0 amide bonds. The zero-order chi connectivity index (χ0) is 16.7. The van der Waals surface area contributed by atoms with Crippen molar-refractivity contribution < 1.29 is 9.47 Å². The van der Waals surface area contributed by atoms with Crippen LogP contribution in [0.1, 0.15) is 19.3 Å². The molecule has 3 heterocycles. The summed E-state index contributed by atoms with van der Waals surface area (Å²) >= 11 is 0. The average Bonchev–Trinajstić information content (AvgIpc) is 3.25. The van der Waals surface area contributed by atoms with Crippen molar-refractivity contribution in [1.29, 1.82) is 0 Å². The van der Waals surface area contributed by atoms with Crippen LogP contribution in [0.15, 0.2) is 36.7 Å². The third kappa shape index (κ3) is 2.82. The Morgan fingerprint density at radius 1 is 1.08 bits per heavy atom. The minimum Gasteiger partial charge on any atom is -0.494 e. The summed E-state index contributed by atoms with van der Waals surface area (Å²) in [7, 11) is 0. The third-order valence-electron chi connectivity index (χ3n) is 4.88. The van der Waals surface area contributed by atoms with Gasteiger partial charge in [-0.15, -0.1) is 0 Å². The lowest BCUT2D eigenvalue weighted by molar-refractivity contribution is 0.174. The number of hydrogen-bond donors (Lipinski definition) is 2. The van der Waals surface area contributed by atoms with Gasteiger partial charge in [0.05, 0.1) is 18.3 Å². The van der Waals surface area contributed by atoms with E-state index in [-0.39, 0.29) is 5.60 Å². The molecule has 1 aromatic carbocycles. The number of nitrogens with one attached hydrogen (secondary N) is 2. The smallest absolute Gasteiger partial charge is 0.139 e. The van der Waals surface area contributed by atoms with Gasteiger partial charge in [-0.3, -0.25) is 10.1 Å². The van der Waals surface area contributed by atoms with Crippen LogP contribution < -0.4 is 14.8 Å². The molecule has 0 radical (unpaired) electrons. The van der Waals surface area contributed by atoms with Gasteiger partial charge in [-0.05, 0) is 50.1 Å². The van der Waals surface area contributed by atoms with Gasteiger partial charge in [0.1, 0.15) is 22.8 Å². The average molecular weight is 336 g/mol. The largest absolute Gasteiger partial charge is 0.494 e. The van der Waals surface area contributed by atoms with Crippen molar-refractivity contribution in [3.05, 3.63) is 36.7 Å². The molecular weight excluding hydrogens is 316 g/mol. The number of pyridine rings is 1. The first kappa shape index (κ1) is 14.7. The van der Waals surface area contributed by atoms with Gasteiger partial charge in [0, 0.05) is 23.7 Å². The molecule has 1 aliphatic heterocycles. The number of hydrogen-bond acceptors (Lipinski definition) is 5. The van der Waals surface area contributed by atoms with Crippen molar-refractivity contribution in [2.24, 2.45) is 0 Å². The van der Waals surface area contributed by atoms with E-state index in [4.69, 9.17) is 9.47 Å². The van der Waals surface area contributed by atoms with E-state index < -0.39 is 0 Å². The molecule has 2 aliphatic rings. The highest BCUT2D eigenvalue weighted by Crippen LogP contribution is 2.40. The first-order valence-corrected chi connectivity index (χ1v) is 8.78. The first-order chi connectivity index (χ1) is 12.3. The van der Waals surface area contributed by atoms with Gasteiger partial charge >= 0.3 is 0 Å². The fourth-order valence-electron chi connectivity index (χ4n) is 3.31. The van der Waals surface area contributed by atoms with Crippen LogP contribution in [-0.4, -0.2) is 40.5 Å². The minimum absolute atomic E-state index is 0.0835. The number of H-pyrrole nitrogens is 1. The van der Waals surface area contributed by atoms with E-state index in [1.165, 1.54) is 0 Å². The normalized spacial score (nSPS) is 19.0. The van der Waals surface area contributed by atoms with Gasteiger partial charge in [0.15, 0.2) is 0 Å². The summed E-state index contributed by atoms with van der Waals surface area (Å²) in [6.07, 6.45) is 6.72. The molecule has 2 aromatic heterocycles. The topological polar surface area (TPSA) is 72.1 Å². The number of aromatic nitrogens is 3. The monoisotopic (exact) mass is 336 g/mol. The van der Waals surface area contributed by atoms with Crippen molar-refractivity contribution in [3.8, 4) is 22.8 Å². The SMILES string of the molecule is c1cc2[nH]nc3c2cc1OCCCNCC1(CC1)Oc1cncc-3c1. The predicted molar refractivity (Wildman–Crippen MR) is 94.9 cm³/mol. The zero-order valence-corrected chi connectivity index (χ0v) is 13.9. The van der Waals surface area contributed by atoms with Crippen LogP contribution in [0.5, 0.6) is 11.5 Å². The molecule has 3 aromatic rings. The van der Waals surface area contributed by atoms with Crippen LogP contribution >= 0.6 is 0 Å². The van der Waals surface area contributed by atoms with Crippen molar-refractivity contribution in [1.82, 2.24) is 20.5 Å². The van der Waals surface area contributed by atoms with Crippen molar-refractivity contribution >= 4 is 10.9 Å². The highest BCUT2D eigenvalue weighted by Gasteiger charge is 2.45. The Labute approximate surface area is 145 Å². The highest BCUT2D eigenvalue weighted by molar-refractivity contribution is 5.93. The molecule has 1 fully saturated rings. The molecule has 0 saturated heterocycles. The van der Waals surface area contributed by atoms with Crippen LogP contribution in [0.25, 0.3) is 22.2 Å². The molecule has 5 rings (SSSR count). The van der Waals surface area contributed by atoms with Gasteiger partial charge in [0.2, 0.25) is 0 Å². The van der Waals surface area contributed by atoms with E-state index in [9.17, 15) is 0 Å². The molecule has 0 unspecified atom stereocenters. The van der Waals surface area contributed by atoms with Crippen LogP contribution in [0.3, 0.4) is 0 Å². The van der Waals surface area contributed by atoms with Crippen LogP contribution in [-0.2, 0) is 0 Å². The number of aromatic amines is 1. The number of fused-ring (bicyclic) bond motifs is 4. The quantitative estimate of drug-likeness (QED) is 0.660. The maximum atomic E-state index is 6.26. The van der Waals surface area contributed by atoms with Crippen molar-refractivity contribution in [2.45, 2.75) is 24.9 Å². The lowest BCUT2D eigenvalue weighted by Gasteiger charge is -2.19. The molecule has 25 heavy (non-hydrogen) atoms. The molecule has 0 atom stereocenters. The number of ether oxygens (including phenoxy) is 2. The van der Waals surface area contributed by atoms with Crippen molar-refractivity contribution in [2.75, 3.05) is 19.7 Å². The lowest BCUT2D eigenvalue weighted by atomic mass is 10.1. The fraction of sp³-hybridized carbons (Fsp3) is 0.368. The molecule has 1 aliphatic carbocycles. The Hall–Kier alpha value is -2.60. The molecule has 1 saturated carbocycles. The fourth-order valence-corrected chi connectivity index (χ4v) is 3.31. The van der Waals surface area contributed by atoms with E-state index >= 15 is 0 Å². The molecule has 128 valence electrons. The molecular formula is C19H20N4O2. The molecule has 2 N–H and O–H groups in total. The second kappa shape index (κ2) is 5.74. The maximum Gasteiger partial charge on any atom is 0.139 e. The number of benzene rings is 1. The van der Waals surface area contributed by atoms with Crippen LogP contribution in [0.4, 0.5) is 0 Å². The van der Waals surface area contributed by atoms with E-state index in [0.717, 1.165) is 66.0 Å². The Morgan fingerprint density at radius 2 is 2.04 bits per heavy atom. The third-order valence-corrected chi connectivity index (χ3v) is 4.88. The van der Waals surface area contributed by atoms with E-state index in [1.54, 1.807) is 6.20 Å². The van der Waals surface area contributed by atoms with Crippen LogP contribution in [0, 0.1) is 0 Å². The predicted octanol–water partition coefficient (Wildman–Crippen LogP) is 2.91. The zero-order valence-electron chi connectivity index (χ0n) is 13.9. The molecule has 6 nitrogen and oxygen atoms in total. The molecule has 6 heteroatoms. The summed E-state index contributed by atoms with van der Waals surface area (Å²) in [4.78, 5) is 4.36. The highest BCUT2D eigenvalue weighted by atomic mass is 16.5. The second-order valence-corrected chi connectivity index (χ2v) is 6.85. The minimum atomic E-state index is -0.0835. The molecule has 4 bridgehead atoms. The first-order valence-electron chi connectivity index (χ1n) is 8.78. The van der Waals surface area contributed by atoms with E-state index in [1.807, 2.05) is 30.5 Å². The van der Waals surface area contributed by atoms with E-state index in [0.29, 0.717) is 6.61 Å². The van der Waals surface area contributed by atoms with Gasteiger partial charge in [-0.1, -0.05) is 0 Å². The summed E-state index contributed by atoms with van der Waals surface area (Å²) in [5.74, 6) is 1.67. The Bertz CT molecular complexity index is 917. The number of rotatable bonds is 0. The van der Waals surface area contributed by atoms with Crippen molar-refractivity contribution in [3.63, 3.8) is 0 Å². The van der Waals surface area contributed by atoms with Crippen LogP contribution in [0.2, 0.25) is 0 Å². The Balaban J connectivity index is 1.59.